The van der Waals surface area contributed by atoms with Crippen molar-refractivity contribution in [3.05, 3.63) is 59.1 Å². The minimum absolute atomic E-state index is 0.0406. The minimum Gasteiger partial charge on any atom is -0.359 e. The molecule has 120 valence electrons. The minimum atomic E-state index is -0.0796. The lowest BCUT2D eigenvalue weighted by molar-refractivity contribution is -0.120. The maximum absolute atomic E-state index is 11.9. The molecule has 0 bridgehead atoms. The van der Waals surface area contributed by atoms with Gasteiger partial charge in [-0.15, -0.1) is 11.8 Å². The molecule has 0 heterocycles. The summed E-state index contributed by atoms with van der Waals surface area (Å²) in [4.78, 5) is 24.2. The van der Waals surface area contributed by atoms with Gasteiger partial charge in [0.1, 0.15) is 0 Å². The molecule has 23 heavy (non-hydrogen) atoms. The second kappa shape index (κ2) is 8.60. The third-order valence-electron chi connectivity index (χ3n) is 3.06. The third kappa shape index (κ3) is 5.96. The molecule has 2 aromatic carbocycles. The summed E-state index contributed by atoms with van der Waals surface area (Å²) in [5.74, 6) is 0.201. The van der Waals surface area contributed by atoms with Crippen molar-refractivity contribution in [1.29, 1.82) is 0 Å². The Balaban J connectivity index is 1.82. The zero-order chi connectivity index (χ0) is 16.7. The van der Waals surface area contributed by atoms with E-state index in [0.717, 1.165) is 10.5 Å². The van der Waals surface area contributed by atoms with Crippen molar-refractivity contribution in [2.75, 3.05) is 18.1 Å². The van der Waals surface area contributed by atoms with Gasteiger partial charge in [-0.25, -0.2) is 0 Å². The van der Waals surface area contributed by atoms with E-state index >= 15 is 0 Å². The van der Waals surface area contributed by atoms with Gasteiger partial charge < -0.3 is 10.6 Å². The van der Waals surface area contributed by atoms with Crippen molar-refractivity contribution in [2.45, 2.75) is 11.3 Å². The van der Waals surface area contributed by atoms with Crippen LogP contribution in [0.4, 0.5) is 5.69 Å². The quantitative estimate of drug-likeness (QED) is 0.787. The number of likely N-dealkylation sites (N-methyl/N-ethyl adjacent to an activating group) is 1. The van der Waals surface area contributed by atoms with Gasteiger partial charge in [-0.3, -0.25) is 9.59 Å². The molecule has 0 unspecified atom stereocenters. The zero-order valence-electron chi connectivity index (χ0n) is 12.6. The average molecular weight is 349 g/mol. The number of carbonyl (C=O) groups is 2. The maximum Gasteiger partial charge on any atom is 0.234 e. The van der Waals surface area contributed by atoms with Crippen LogP contribution >= 0.6 is 23.4 Å². The van der Waals surface area contributed by atoms with Crippen molar-refractivity contribution in [3.8, 4) is 0 Å². The number of benzene rings is 2. The Hall–Kier alpha value is -1.98. The Morgan fingerprint density at radius 1 is 1.00 bits per heavy atom. The van der Waals surface area contributed by atoms with Crippen LogP contribution in [-0.4, -0.2) is 24.6 Å². The number of carbonyl (C=O) groups excluding carboxylic acids is 2. The summed E-state index contributed by atoms with van der Waals surface area (Å²) in [6, 6.07) is 14.6. The predicted molar refractivity (Wildman–Crippen MR) is 95.0 cm³/mol. The van der Waals surface area contributed by atoms with Crippen molar-refractivity contribution in [1.82, 2.24) is 5.32 Å². The second-order valence-corrected chi connectivity index (χ2v) is 6.32. The van der Waals surface area contributed by atoms with Gasteiger partial charge >= 0.3 is 0 Å². The van der Waals surface area contributed by atoms with E-state index in [-0.39, 0.29) is 11.8 Å². The van der Waals surface area contributed by atoms with E-state index in [1.54, 1.807) is 31.3 Å². The molecule has 0 aliphatic rings. The largest absolute Gasteiger partial charge is 0.359 e. The Kier molecular flexibility index (Phi) is 6.50. The van der Waals surface area contributed by atoms with Crippen LogP contribution in [0.1, 0.15) is 5.56 Å². The van der Waals surface area contributed by atoms with E-state index < -0.39 is 0 Å². The molecule has 0 aromatic heterocycles. The number of amides is 2. The van der Waals surface area contributed by atoms with Crippen LogP contribution in [0.3, 0.4) is 0 Å². The summed E-state index contributed by atoms with van der Waals surface area (Å²) in [5, 5.41) is 6.08. The Morgan fingerprint density at radius 3 is 2.26 bits per heavy atom. The highest BCUT2D eigenvalue weighted by molar-refractivity contribution is 8.00. The van der Waals surface area contributed by atoms with Gasteiger partial charge in [0.2, 0.25) is 11.8 Å². The zero-order valence-corrected chi connectivity index (χ0v) is 14.2. The second-order valence-electron chi connectivity index (χ2n) is 4.84. The van der Waals surface area contributed by atoms with E-state index in [2.05, 4.69) is 10.6 Å². The van der Waals surface area contributed by atoms with E-state index in [1.165, 1.54) is 11.8 Å². The number of anilines is 1. The number of halogens is 1. The van der Waals surface area contributed by atoms with Gasteiger partial charge in [-0.05, 0) is 42.0 Å². The highest BCUT2D eigenvalue weighted by atomic mass is 35.5. The SMILES string of the molecule is CNC(=O)Cc1ccc(NC(=O)CSc2ccc(Cl)cc2)cc1. The van der Waals surface area contributed by atoms with E-state index in [1.807, 2.05) is 24.3 Å². The van der Waals surface area contributed by atoms with Crippen LogP contribution in [0.15, 0.2) is 53.4 Å². The van der Waals surface area contributed by atoms with Crippen molar-refractivity contribution >= 4 is 40.9 Å². The van der Waals surface area contributed by atoms with Crippen LogP contribution < -0.4 is 10.6 Å². The Morgan fingerprint density at radius 2 is 1.65 bits per heavy atom. The smallest absolute Gasteiger partial charge is 0.234 e. The first-order valence-corrected chi connectivity index (χ1v) is 8.41. The Bertz CT molecular complexity index is 672. The first-order chi connectivity index (χ1) is 11.1. The highest BCUT2D eigenvalue weighted by Crippen LogP contribution is 2.20. The summed E-state index contributed by atoms with van der Waals surface area (Å²) >= 11 is 7.27. The van der Waals surface area contributed by atoms with Gasteiger partial charge in [-0.2, -0.15) is 0 Å². The molecular formula is C17H17ClN2O2S. The number of hydrogen-bond acceptors (Lipinski definition) is 3. The molecule has 0 aliphatic heterocycles. The van der Waals surface area contributed by atoms with Crippen molar-refractivity contribution < 1.29 is 9.59 Å². The van der Waals surface area contributed by atoms with Crippen molar-refractivity contribution in [2.24, 2.45) is 0 Å². The van der Waals surface area contributed by atoms with Gasteiger partial charge in [-0.1, -0.05) is 23.7 Å². The summed E-state index contributed by atoms with van der Waals surface area (Å²) < 4.78 is 0. The van der Waals surface area contributed by atoms with Gasteiger partial charge in [0.05, 0.1) is 12.2 Å². The first-order valence-electron chi connectivity index (χ1n) is 7.04. The molecule has 0 atom stereocenters. The van der Waals surface area contributed by atoms with Gasteiger partial charge in [0, 0.05) is 22.7 Å². The summed E-state index contributed by atoms with van der Waals surface area (Å²) in [6.07, 6.45) is 0.331. The topological polar surface area (TPSA) is 58.2 Å². The Labute approximate surface area is 144 Å². The van der Waals surface area contributed by atoms with Crippen LogP contribution in [0, 0.1) is 0 Å². The molecule has 0 fully saturated rings. The third-order valence-corrected chi connectivity index (χ3v) is 4.33. The summed E-state index contributed by atoms with van der Waals surface area (Å²) in [7, 11) is 1.61. The molecule has 0 spiro atoms. The fraction of sp³-hybridized carbons (Fsp3) is 0.176. The molecule has 0 aliphatic carbocycles. The monoisotopic (exact) mass is 348 g/mol. The summed E-state index contributed by atoms with van der Waals surface area (Å²) in [6.45, 7) is 0. The van der Waals surface area contributed by atoms with Crippen LogP contribution in [-0.2, 0) is 16.0 Å². The lowest BCUT2D eigenvalue weighted by Gasteiger charge is -2.07. The van der Waals surface area contributed by atoms with Gasteiger partial charge in [0.25, 0.3) is 0 Å². The normalized spacial score (nSPS) is 10.2. The fourth-order valence-electron chi connectivity index (χ4n) is 1.86. The highest BCUT2D eigenvalue weighted by Gasteiger charge is 2.05. The first kappa shape index (κ1) is 17.4. The molecule has 0 radical (unpaired) electrons. The summed E-state index contributed by atoms with van der Waals surface area (Å²) in [5.41, 5.74) is 1.62. The molecule has 6 heteroatoms. The molecule has 2 N–H and O–H groups in total. The molecule has 0 saturated heterocycles. The predicted octanol–water partition coefficient (Wildman–Crippen LogP) is 3.36. The van der Waals surface area contributed by atoms with Crippen LogP contribution in [0.25, 0.3) is 0 Å². The number of rotatable bonds is 6. The lowest BCUT2D eigenvalue weighted by Crippen LogP contribution is -2.20. The van der Waals surface area contributed by atoms with E-state index in [4.69, 9.17) is 11.6 Å². The molecule has 2 aromatic rings. The number of thioether (sulfide) groups is 1. The average Bonchev–Trinajstić information content (AvgIpc) is 2.56. The number of nitrogens with one attached hydrogen (secondary N) is 2. The van der Waals surface area contributed by atoms with E-state index in [0.29, 0.717) is 22.9 Å². The fourth-order valence-corrected chi connectivity index (χ4v) is 2.68. The van der Waals surface area contributed by atoms with E-state index in [9.17, 15) is 9.59 Å². The lowest BCUT2D eigenvalue weighted by atomic mass is 10.1. The molecule has 4 nitrogen and oxygen atoms in total. The van der Waals surface area contributed by atoms with Crippen LogP contribution in [0.2, 0.25) is 5.02 Å². The van der Waals surface area contributed by atoms with Crippen LogP contribution in [0.5, 0.6) is 0 Å². The van der Waals surface area contributed by atoms with Crippen molar-refractivity contribution in [3.63, 3.8) is 0 Å². The maximum atomic E-state index is 11.9. The molecular weight excluding hydrogens is 332 g/mol. The molecule has 0 saturated carbocycles. The number of hydrogen-bond donors (Lipinski definition) is 2. The standard InChI is InChI=1S/C17H17ClN2O2S/c1-19-16(21)10-12-2-6-14(7-3-12)20-17(22)11-23-15-8-4-13(18)5-9-15/h2-9H,10-11H2,1H3,(H,19,21)(H,20,22). The molecule has 2 rings (SSSR count). The van der Waals surface area contributed by atoms with Gasteiger partial charge in [0.15, 0.2) is 0 Å². The molecule has 2 amide bonds.